The van der Waals surface area contributed by atoms with Crippen LogP contribution in [0.25, 0.3) is 0 Å². The molecule has 3 fully saturated rings. The second-order valence-corrected chi connectivity index (χ2v) is 8.08. The molecule has 0 aromatic carbocycles. The van der Waals surface area contributed by atoms with Crippen LogP contribution in [0.5, 0.6) is 0 Å². The number of likely N-dealkylation sites (tertiary alicyclic amines) is 1. The first-order chi connectivity index (χ1) is 10.9. The summed E-state index contributed by atoms with van der Waals surface area (Å²) in [4.78, 5) is 12.4. The predicted octanol–water partition coefficient (Wildman–Crippen LogP) is -0.592. The summed E-state index contributed by atoms with van der Waals surface area (Å²) in [7, 11) is -3.51. The van der Waals surface area contributed by atoms with Crippen molar-refractivity contribution in [3.63, 3.8) is 0 Å². The first-order valence-electron chi connectivity index (χ1n) is 7.88. The number of ether oxygens (including phenoxy) is 2. The Morgan fingerprint density at radius 3 is 2.17 bits per heavy atom. The van der Waals surface area contributed by atoms with E-state index < -0.39 is 21.9 Å². The average molecular weight is 349 g/mol. The number of piperidine rings is 1. The van der Waals surface area contributed by atoms with Crippen LogP contribution in [0.1, 0.15) is 12.8 Å². The molecule has 3 aliphatic heterocycles. The number of hydrogen-bond acceptors (Lipinski definition) is 5. The van der Waals surface area contributed by atoms with Crippen LogP contribution in [-0.2, 0) is 19.7 Å². The largest absolute Gasteiger partial charge is 0.465 e. The van der Waals surface area contributed by atoms with Gasteiger partial charge >= 0.3 is 6.09 Å². The van der Waals surface area contributed by atoms with Gasteiger partial charge in [-0.1, -0.05) is 0 Å². The van der Waals surface area contributed by atoms with Gasteiger partial charge in [-0.15, -0.1) is 0 Å². The van der Waals surface area contributed by atoms with E-state index in [2.05, 4.69) is 0 Å². The van der Waals surface area contributed by atoms with E-state index in [1.54, 1.807) is 0 Å². The molecule has 9 nitrogen and oxygen atoms in total. The lowest BCUT2D eigenvalue weighted by Gasteiger charge is -2.47. The second kappa shape index (κ2) is 6.52. The normalized spacial score (nSPS) is 27.2. The Kier molecular flexibility index (Phi) is 4.79. The van der Waals surface area contributed by atoms with Crippen molar-refractivity contribution in [3.8, 4) is 0 Å². The van der Waals surface area contributed by atoms with E-state index in [-0.39, 0.29) is 0 Å². The van der Waals surface area contributed by atoms with Crippen molar-refractivity contribution < 1.29 is 27.8 Å². The van der Waals surface area contributed by atoms with Gasteiger partial charge in [0.05, 0.1) is 25.4 Å². The monoisotopic (exact) mass is 349 g/mol. The summed E-state index contributed by atoms with van der Waals surface area (Å²) in [5.74, 6) is 0. The molecule has 0 saturated carbocycles. The van der Waals surface area contributed by atoms with Crippen LogP contribution in [0.2, 0.25) is 0 Å². The summed E-state index contributed by atoms with van der Waals surface area (Å²) in [5.41, 5.74) is -0.566. The van der Waals surface area contributed by atoms with E-state index in [0.717, 1.165) is 0 Å². The zero-order chi connectivity index (χ0) is 16.5. The summed E-state index contributed by atoms with van der Waals surface area (Å²) < 4.78 is 39.6. The first kappa shape index (κ1) is 16.9. The number of carbonyl (C=O) groups is 1. The first-order valence-corrected chi connectivity index (χ1v) is 9.27. The zero-order valence-corrected chi connectivity index (χ0v) is 13.8. The van der Waals surface area contributed by atoms with E-state index >= 15 is 0 Å². The molecule has 0 unspecified atom stereocenters. The third-order valence-corrected chi connectivity index (χ3v) is 6.76. The van der Waals surface area contributed by atoms with Crippen molar-refractivity contribution in [1.82, 2.24) is 13.5 Å². The highest BCUT2D eigenvalue weighted by molar-refractivity contribution is 7.86. The molecular weight excluding hydrogens is 326 g/mol. The third kappa shape index (κ3) is 3.45. The van der Waals surface area contributed by atoms with Gasteiger partial charge in [0.25, 0.3) is 10.2 Å². The Hall–Kier alpha value is -0.940. The topological polar surface area (TPSA) is 99.6 Å². The lowest BCUT2D eigenvalue weighted by atomic mass is 9.90. The minimum absolute atomic E-state index is 0.292. The molecule has 0 aliphatic carbocycles. The lowest BCUT2D eigenvalue weighted by molar-refractivity contribution is -0.117. The molecule has 10 heteroatoms. The number of carboxylic acid groups (broad SMARTS) is 1. The molecule has 0 aromatic heterocycles. The van der Waals surface area contributed by atoms with Crippen molar-refractivity contribution in [3.05, 3.63) is 0 Å². The van der Waals surface area contributed by atoms with Crippen LogP contribution in [0, 0.1) is 0 Å². The number of rotatable bonds is 2. The zero-order valence-electron chi connectivity index (χ0n) is 13.0. The molecule has 0 bridgehead atoms. The molecule has 3 rings (SSSR count). The fourth-order valence-electron chi connectivity index (χ4n) is 3.36. The van der Waals surface area contributed by atoms with Crippen LogP contribution >= 0.6 is 0 Å². The Bertz CT molecular complexity index is 540. The van der Waals surface area contributed by atoms with Crippen LogP contribution in [0.3, 0.4) is 0 Å². The molecule has 23 heavy (non-hydrogen) atoms. The van der Waals surface area contributed by atoms with E-state index in [9.17, 15) is 13.2 Å². The quantitative estimate of drug-likeness (QED) is 0.715. The SMILES string of the molecule is O=C(O)N1CCC2(CC1)CN(S(=O)(=O)N1CCOCC1)CCO2. The van der Waals surface area contributed by atoms with Gasteiger partial charge in [-0.3, -0.25) is 0 Å². The summed E-state index contributed by atoms with van der Waals surface area (Å²) in [6, 6.07) is 0. The lowest BCUT2D eigenvalue weighted by Crippen LogP contribution is -2.61. The number of nitrogens with zero attached hydrogens (tertiary/aromatic N) is 3. The third-order valence-electron chi connectivity index (χ3n) is 4.78. The molecule has 0 atom stereocenters. The fourth-order valence-corrected chi connectivity index (χ4v) is 5.00. The van der Waals surface area contributed by atoms with Crippen LogP contribution in [0.15, 0.2) is 0 Å². The van der Waals surface area contributed by atoms with E-state index in [4.69, 9.17) is 14.6 Å². The van der Waals surface area contributed by atoms with Gasteiger partial charge in [-0.25, -0.2) is 4.79 Å². The van der Waals surface area contributed by atoms with Crippen molar-refractivity contribution in [2.75, 3.05) is 59.1 Å². The molecule has 0 radical (unpaired) electrons. The van der Waals surface area contributed by atoms with Crippen molar-refractivity contribution in [2.24, 2.45) is 0 Å². The van der Waals surface area contributed by atoms with Gasteiger partial charge in [-0.05, 0) is 12.8 Å². The van der Waals surface area contributed by atoms with Crippen LogP contribution in [0.4, 0.5) is 4.79 Å². The van der Waals surface area contributed by atoms with Gasteiger partial charge in [0, 0.05) is 39.3 Å². The highest BCUT2D eigenvalue weighted by atomic mass is 32.2. The summed E-state index contributed by atoms with van der Waals surface area (Å²) >= 11 is 0. The summed E-state index contributed by atoms with van der Waals surface area (Å²) in [6.07, 6.45) is 0.108. The van der Waals surface area contributed by atoms with Gasteiger partial charge in [-0.2, -0.15) is 17.0 Å². The fraction of sp³-hybridized carbons (Fsp3) is 0.923. The maximum absolute atomic E-state index is 12.8. The van der Waals surface area contributed by atoms with Crippen LogP contribution < -0.4 is 0 Å². The van der Waals surface area contributed by atoms with Gasteiger partial charge in [0.2, 0.25) is 0 Å². The maximum atomic E-state index is 12.8. The van der Waals surface area contributed by atoms with Crippen LogP contribution in [-0.4, -0.2) is 97.8 Å². The smallest absolute Gasteiger partial charge is 0.407 e. The van der Waals surface area contributed by atoms with Crippen molar-refractivity contribution in [1.29, 1.82) is 0 Å². The molecule has 132 valence electrons. The highest BCUT2D eigenvalue weighted by Crippen LogP contribution is 2.31. The van der Waals surface area contributed by atoms with E-state index in [0.29, 0.717) is 71.9 Å². The highest BCUT2D eigenvalue weighted by Gasteiger charge is 2.45. The van der Waals surface area contributed by atoms with Gasteiger partial charge < -0.3 is 19.5 Å². The maximum Gasteiger partial charge on any atom is 0.407 e. The van der Waals surface area contributed by atoms with Gasteiger partial charge in [0.15, 0.2) is 0 Å². The standard InChI is InChI=1S/C13H23N3O6S/c17-12(18)14-3-1-13(2-4-14)11-16(7-10-22-13)23(19,20)15-5-8-21-9-6-15/h1-11H2,(H,17,18). The summed E-state index contributed by atoms with van der Waals surface area (Å²) in [6.45, 7) is 3.31. The Labute approximate surface area is 135 Å². The molecule has 3 heterocycles. The van der Waals surface area contributed by atoms with Crippen molar-refractivity contribution in [2.45, 2.75) is 18.4 Å². The predicted molar refractivity (Wildman–Crippen MR) is 80.4 cm³/mol. The van der Waals surface area contributed by atoms with E-state index in [1.165, 1.54) is 13.5 Å². The Morgan fingerprint density at radius 2 is 1.57 bits per heavy atom. The minimum atomic E-state index is -3.51. The Morgan fingerprint density at radius 1 is 0.957 bits per heavy atom. The molecule has 3 saturated heterocycles. The number of morpholine rings is 2. The second-order valence-electron chi connectivity index (χ2n) is 6.15. The number of amides is 1. The molecule has 3 aliphatic rings. The molecule has 0 aromatic rings. The molecular formula is C13H23N3O6S. The summed E-state index contributed by atoms with van der Waals surface area (Å²) in [5, 5.41) is 9.04. The van der Waals surface area contributed by atoms with E-state index in [1.807, 2.05) is 0 Å². The molecule has 1 N–H and O–H groups in total. The minimum Gasteiger partial charge on any atom is -0.465 e. The van der Waals surface area contributed by atoms with Crippen molar-refractivity contribution >= 4 is 16.3 Å². The number of hydrogen-bond donors (Lipinski definition) is 1. The molecule has 1 spiro atoms. The average Bonchev–Trinajstić information content (AvgIpc) is 2.56. The Balaban J connectivity index is 1.67. The molecule has 1 amide bonds. The van der Waals surface area contributed by atoms with Gasteiger partial charge in [0.1, 0.15) is 0 Å².